The molecule has 6 heteroatoms. The molecule has 0 radical (unpaired) electrons. The standard InChI is InChI=1S/C14H22N2O3S/c1-2-7-15(10-5-6-10)14(19)16-11(13(17)18)8-20-12(16)9-3-4-9/h9-12H,2-8H2,1H3,(H,17,18). The van der Waals surface area contributed by atoms with E-state index in [-0.39, 0.29) is 11.4 Å². The second kappa shape index (κ2) is 5.47. The van der Waals surface area contributed by atoms with Crippen LogP contribution in [-0.4, -0.2) is 56.7 Å². The van der Waals surface area contributed by atoms with Crippen molar-refractivity contribution in [3.8, 4) is 0 Å². The normalized spacial score (nSPS) is 29.6. The van der Waals surface area contributed by atoms with Crippen molar-refractivity contribution in [2.45, 2.75) is 56.5 Å². The van der Waals surface area contributed by atoms with Gasteiger partial charge in [0.2, 0.25) is 0 Å². The summed E-state index contributed by atoms with van der Waals surface area (Å²) in [6, 6.07) is -0.331. The van der Waals surface area contributed by atoms with Crippen LogP contribution in [0.5, 0.6) is 0 Å². The number of amides is 2. The van der Waals surface area contributed by atoms with Gasteiger partial charge in [-0.3, -0.25) is 4.90 Å². The predicted octanol–water partition coefficient (Wildman–Crippen LogP) is 2.22. The molecule has 0 bridgehead atoms. The first kappa shape index (κ1) is 14.0. The van der Waals surface area contributed by atoms with Crippen molar-refractivity contribution in [2.75, 3.05) is 12.3 Å². The Morgan fingerprint density at radius 2 is 2.00 bits per heavy atom. The van der Waals surface area contributed by atoms with E-state index in [0.29, 0.717) is 17.7 Å². The van der Waals surface area contributed by atoms with Crippen LogP contribution >= 0.6 is 11.8 Å². The van der Waals surface area contributed by atoms with Crippen molar-refractivity contribution in [1.82, 2.24) is 9.80 Å². The summed E-state index contributed by atoms with van der Waals surface area (Å²) < 4.78 is 0. The molecule has 1 saturated heterocycles. The molecule has 2 saturated carbocycles. The van der Waals surface area contributed by atoms with Crippen LogP contribution in [-0.2, 0) is 4.79 Å². The monoisotopic (exact) mass is 298 g/mol. The molecular formula is C14H22N2O3S. The number of carbonyl (C=O) groups is 2. The molecule has 2 atom stereocenters. The minimum Gasteiger partial charge on any atom is -0.480 e. The molecule has 5 nitrogen and oxygen atoms in total. The summed E-state index contributed by atoms with van der Waals surface area (Å²) in [4.78, 5) is 27.9. The molecular weight excluding hydrogens is 276 g/mol. The van der Waals surface area contributed by atoms with Gasteiger partial charge in [0.05, 0.1) is 5.37 Å². The van der Waals surface area contributed by atoms with Crippen LogP contribution in [0.1, 0.15) is 39.0 Å². The third kappa shape index (κ3) is 2.62. The number of urea groups is 1. The molecule has 2 aliphatic carbocycles. The molecule has 3 aliphatic rings. The summed E-state index contributed by atoms with van der Waals surface area (Å²) in [5.74, 6) is 0.185. The largest absolute Gasteiger partial charge is 0.480 e. The fourth-order valence-electron chi connectivity index (χ4n) is 2.91. The van der Waals surface area contributed by atoms with Gasteiger partial charge in [0.1, 0.15) is 6.04 Å². The predicted molar refractivity (Wildman–Crippen MR) is 77.6 cm³/mol. The molecule has 1 N–H and O–H groups in total. The maximum atomic E-state index is 12.8. The van der Waals surface area contributed by atoms with E-state index in [4.69, 9.17) is 0 Å². The van der Waals surface area contributed by atoms with Gasteiger partial charge in [-0.1, -0.05) is 6.92 Å². The van der Waals surface area contributed by atoms with Crippen molar-refractivity contribution < 1.29 is 14.7 Å². The van der Waals surface area contributed by atoms with Gasteiger partial charge in [-0.2, -0.15) is 0 Å². The number of carbonyl (C=O) groups excluding carboxylic acids is 1. The van der Waals surface area contributed by atoms with Crippen molar-refractivity contribution >= 4 is 23.8 Å². The SMILES string of the molecule is CCCN(C(=O)N1C(C(=O)O)CSC1C1CC1)C1CC1. The Hall–Kier alpha value is -0.910. The number of aliphatic carboxylic acids is 1. The van der Waals surface area contributed by atoms with Gasteiger partial charge in [0.25, 0.3) is 0 Å². The highest BCUT2D eigenvalue weighted by Gasteiger charge is 2.50. The molecule has 3 rings (SSSR count). The maximum absolute atomic E-state index is 12.8. The van der Waals surface area contributed by atoms with E-state index in [2.05, 4.69) is 6.92 Å². The summed E-state index contributed by atoms with van der Waals surface area (Å²) in [6.07, 6.45) is 5.32. The number of hydrogen-bond donors (Lipinski definition) is 1. The fraction of sp³-hybridized carbons (Fsp3) is 0.857. The molecule has 0 aromatic rings. The van der Waals surface area contributed by atoms with Crippen LogP contribution < -0.4 is 0 Å². The van der Waals surface area contributed by atoms with E-state index in [1.807, 2.05) is 4.90 Å². The second-order valence-electron chi connectivity index (χ2n) is 6.03. The molecule has 0 spiro atoms. The molecule has 112 valence electrons. The van der Waals surface area contributed by atoms with Crippen LogP contribution in [0.3, 0.4) is 0 Å². The lowest BCUT2D eigenvalue weighted by Gasteiger charge is -2.33. The first-order valence-electron chi connectivity index (χ1n) is 7.56. The molecule has 1 heterocycles. The van der Waals surface area contributed by atoms with Crippen molar-refractivity contribution in [1.29, 1.82) is 0 Å². The van der Waals surface area contributed by atoms with Gasteiger partial charge < -0.3 is 10.0 Å². The van der Waals surface area contributed by atoms with Gasteiger partial charge >= 0.3 is 12.0 Å². The van der Waals surface area contributed by atoms with Crippen LogP contribution in [0.25, 0.3) is 0 Å². The number of hydrogen-bond acceptors (Lipinski definition) is 3. The van der Waals surface area contributed by atoms with E-state index in [1.165, 1.54) is 0 Å². The highest BCUT2D eigenvalue weighted by Crippen LogP contribution is 2.46. The van der Waals surface area contributed by atoms with E-state index >= 15 is 0 Å². The number of nitrogens with zero attached hydrogens (tertiary/aromatic N) is 2. The highest BCUT2D eigenvalue weighted by molar-refractivity contribution is 8.00. The summed E-state index contributed by atoms with van der Waals surface area (Å²) in [5.41, 5.74) is 0. The Bertz CT molecular complexity index is 409. The van der Waals surface area contributed by atoms with Gasteiger partial charge in [0.15, 0.2) is 0 Å². The summed E-state index contributed by atoms with van der Waals surface area (Å²) in [5, 5.41) is 9.48. The Labute approximate surface area is 123 Å². The Balaban J connectivity index is 1.78. The summed E-state index contributed by atoms with van der Waals surface area (Å²) in [6.45, 7) is 2.81. The van der Waals surface area contributed by atoms with Crippen LogP contribution in [0.15, 0.2) is 0 Å². The maximum Gasteiger partial charge on any atom is 0.327 e. The van der Waals surface area contributed by atoms with Crippen molar-refractivity contribution in [3.63, 3.8) is 0 Å². The molecule has 1 aliphatic heterocycles. The fourth-order valence-corrected chi connectivity index (χ4v) is 4.54. The molecule has 20 heavy (non-hydrogen) atoms. The molecule has 0 aromatic heterocycles. The Morgan fingerprint density at radius 3 is 2.50 bits per heavy atom. The number of carboxylic acid groups (broad SMARTS) is 1. The highest BCUT2D eigenvalue weighted by atomic mass is 32.2. The lowest BCUT2D eigenvalue weighted by atomic mass is 10.2. The number of carboxylic acids is 1. The first-order chi connectivity index (χ1) is 9.63. The van der Waals surface area contributed by atoms with Gasteiger partial charge in [-0.05, 0) is 38.0 Å². The lowest BCUT2D eigenvalue weighted by Crippen LogP contribution is -2.53. The summed E-state index contributed by atoms with van der Waals surface area (Å²) >= 11 is 1.65. The molecule has 0 aromatic carbocycles. The average molecular weight is 298 g/mol. The van der Waals surface area contributed by atoms with E-state index in [1.54, 1.807) is 16.7 Å². The smallest absolute Gasteiger partial charge is 0.327 e. The Morgan fingerprint density at radius 1 is 1.30 bits per heavy atom. The van der Waals surface area contributed by atoms with Gasteiger partial charge in [0, 0.05) is 18.3 Å². The lowest BCUT2D eigenvalue weighted by molar-refractivity contribution is -0.141. The summed E-state index contributed by atoms with van der Waals surface area (Å²) in [7, 11) is 0. The van der Waals surface area contributed by atoms with Crippen LogP contribution in [0, 0.1) is 5.92 Å². The Kier molecular flexibility index (Phi) is 3.84. The first-order valence-corrected chi connectivity index (χ1v) is 8.61. The minimum absolute atomic E-state index is 0.0383. The van der Waals surface area contributed by atoms with E-state index < -0.39 is 12.0 Å². The third-order valence-electron chi connectivity index (χ3n) is 4.26. The van der Waals surface area contributed by atoms with Crippen LogP contribution in [0.4, 0.5) is 4.79 Å². The number of rotatable bonds is 5. The van der Waals surface area contributed by atoms with Crippen LogP contribution in [0.2, 0.25) is 0 Å². The topological polar surface area (TPSA) is 60.9 Å². The quantitative estimate of drug-likeness (QED) is 0.845. The van der Waals surface area contributed by atoms with Gasteiger partial charge in [-0.15, -0.1) is 11.8 Å². The molecule has 2 unspecified atom stereocenters. The van der Waals surface area contributed by atoms with Crippen molar-refractivity contribution in [2.24, 2.45) is 5.92 Å². The zero-order chi connectivity index (χ0) is 14.3. The zero-order valence-electron chi connectivity index (χ0n) is 11.8. The second-order valence-corrected chi connectivity index (χ2v) is 7.18. The van der Waals surface area contributed by atoms with Gasteiger partial charge in [-0.25, -0.2) is 9.59 Å². The van der Waals surface area contributed by atoms with E-state index in [0.717, 1.165) is 38.6 Å². The molecule has 2 amide bonds. The van der Waals surface area contributed by atoms with Crippen molar-refractivity contribution in [3.05, 3.63) is 0 Å². The average Bonchev–Trinajstić information content (AvgIpc) is 3.33. The third-order valence-corrected chi connectivity index (χ3v) is 5.73. The zero-order valence-corrected chi connectivity index (χ0v) is 12.6. The molecule has 3 fully saturated rings. The minimum atomic E-state index is -0.860. The number of thioether (sulfide) groups is 1. The van der Waals surface area contributed by atoms with E-state index in [9.17, 15) is 14.7 Å².